The lowest BCUT2D eigenvalue weighted by Crippen LogP contribution is -1.98. The molecule has 2 aromatic carbocycles. The van der Waals surface area contributed by atoms with Crippen molar-refractivity contribution < 1.29 is 4.39 Å². The zero-order chi connectivity index (χ0) is 15.0. The Bertz CT molecular complexity index is 806. The lowest BCUT2D eigenvalue weighted by molar-refractivity contribution is 0.631. The molecule has 0 aliphatic carbocycles. The molecule has 0 radical (unpaired) electrons. The van der Waals surface area contributed by atoms with Crippen molar-refractivity contribution >= 4 is 5.82 Å². The van der Waals surface area contributed by atoms with Gasteiger partial charge in [0.25, 0.3) is 0 Å². The molecule has 0 aliphatic heterocycles. The van der Waals surface area contributed by atoms with E-state index in [9.17, 15) is 4.39 Å². The molecule has 4 heteroatoms. The maximum atomic E-state index is 14.2. The number of anilines is 1. The second-order valence-corrected chi connectivity index (χ2v) is 5.03. The summed E-state index contributed by atoms with van der Waals surface area (Å²) in [5, 5.41) is 4.48. The van der Waals surface area contributed by atoms with Crippen LogP contribution in [-0.4, -0.2) is 9.78 Å². The van der Waals surface area contributed by atoms with Crippen LogP contribution < -0.4 is 5.73 Å². The molecule has 3 rings (SSSR count). The smallest absolute Gasteiger partial charge is 0.131 e. The Kier molecular flexibility index (Phi) is 3.22. The summed E-state index contributed by atoms with van der Waals surface area (Å²) in [5.74, 6) is 0.158. The van der Waals surface area contributed by atoms with Gasteiger partial charge >= 0.3 is 0 Å². The molecule has 0 spiro atoms. The Morgan fingerprint density at radius 2 is 1.62 bits per heavy atom. The molecule has 0 amide bonds. The first-order chi connectivity index (χ1) is 10.1. The fourth-order valence-electron chi connectivity index (χ4n) is 2.49. The van der Waals surface area contributed by atoms with Crippen molar-refractivity contribution in [1.29, 1.82) is 0 Å². The summed E-state index contributed by atoms with van der Waals surface area (Å²) in [6.45, 7) is 2.01. The van der Waals surface area contributed by atoms with E-state index in [2.05, 4.69) is 5.10 Å². The van der Waals surface area contributed by atoms with Crippen molar-refractivity contribution in [3.05, 3.63) is 59.9 Å². The maximum absolute atomic E-state index is 14.2. The molecule has 0 atom stereocenters. The van der Waals surface area contributed by atoms with Crippen molar-refractivity contribution in [2.75, 3.05) is 5.73 Å². The van der Waals surface area contributed by atoms with Crippen LogP contribution in [0.1, 0.15) is 5.56 Å². The maximum Gasteiger partial charge on any atom is 0.131 e. The minimum atomic E-state index is -0.299. The monoisotopic (exact) mass is 281 g/mol. The Morgan fingerprint density at radius 3 is 2.29 bits per heavy atom. The minimum Gasteiger partial charge on any atom is -0.383 e. The van der Waals surface area contributed by atoms with Crippen LogP contribution in [0.25, 0.3) is 22.4 Å². The van der Waals surface area contributed by atoms with Gasteiger partial charge < -0.3 is 5.73 Å². The number of rotatable bonds is 2. The standard InChI is InChI=1S/C17H16FN3/c1-11-7-3-4-8-12(11)16-15(17(19)21(2)20-16)13-9-5-6-10-14(13)18/h3-10H,19H2,1-2H3. The third-order valence-corrected chi connectivity index (χ3v) is 3.63. The van der Waals surface area contributed by atoms with Crippen molar-refractivity contribution in [1.82, 2.24) is 9.78 Å². The van der Waals surface area contributed by atoms with Gasteiger partial charge in [0.05, 0.1) is 5.56 Å². The molecule has 0 saturated heterocycles. The number of hydrogen-bond acceptors (Lipinski definition) is 2. The molecular formula is C17H16FN3. The average Bonchev–Trinajstić information content (AvgIpc) is 2.76. The molecule has 3 aromatic rings. The van der Waals surface area contributed by atoms with Gasteiger partial charge in [-0.05, 0) is 18.6 Å². The highest BCUT2D eigenvalue weighted by molar-refractivity contribution is 5.89. The normalized spacial score (nSPS) is 10.8. The summed E-state index contributed by atoms with van der Waals surface area (Å²) in [5.41, 5.74) is 9.99. The van der Waals surface area contributed by atoms with Gasteiger partial charge in [0.2, 0.25) is 0 Å². The van der Waals surface area contributed by atoms with E-state index in [0.29, 0.717) is 22.6 Å². The quantitative estimate of drug-likeness (QED) is 0.776. The molecule has 1 aromatic heterocycles. The van der Waals surface area contributed by atoms with Gasteiger partial charge in [-0.1, -0.05) is 42.5 Å². The number of benzene rings is 2. The number of hydrogen-bond donors (Lipinski definition) is 1. The summed E-state index contributed by atoms with van der Waals surface area (Å²) < 4.78 is 15.8. The van der Waals surface area contributed by atoms with E-state index in [0.717, 1.165) is 11.1 Å². The molecule has 106 valence electrons. The van der Waals surface area contributed by atoms with Gasteiger partial charge in [0.1, 0.15) is 17.3 Å². The van der Waals surface area contributed by atoms with Crippen LogP contribution >= 0.6 is 0 Å². The molecule has 21 heavy (non-hydrogen) atoms. The molecule has 0 fully saturated rings. The van der Waals surface area contributed by atoms with E-state index in [1.54, 1.807) is 29.9 Å². The second kappa shape index (κ2) is 5.05. The van der Waals surface area contributed by atoms with Crippen molar-refractivity contribution in [3.63, 3.8) is 0 Å². The first-order valence-corrected chi connectivity index (χ1v) is 6.73. The second-order valence-electron chi connectivity index (χ2n) is 5.03. The van der Waals surface area contributed by atoms with Crippen LogP contribution in [-0.2, 0) is 7.05 Å². The van der Waals surface area contributed by atoms with Gasteiger partial charge in [-0.3, -0.25) is 4.68 Å². The molecule has 0 unspecified atom stereocenters. The van der Waals surface area contributed by atoms with Crippen LogP contribution in [0.5, 0.6) is 0 Å². The summed E-state index contributed by atoms with van der Waals surface area (Å²) in [7, 11) is 1.77. The summed E-state index contributed by atoms with van der Waals surface area (Å²) >= 11 is 0. The Balaban J connectivity index is 2.32. The van der Waals surface area contributed by atoms with Crippen molar-refractivity contribution in [2.45, 2.75) is 6.92 Å². The van der Waals surface area contributed by atoms with Gasteiger partial charge in [-0.15, -0.1) is 0 Å². The van der Waals surface area contributed by atoms with Crippen LogP contribution in [0, 0.1) is 12.7 Å². The minimum absolute atomic E-state index is 0.299. The molecule has 0 bridgehead atoms. The number of aromatic nitrogens is 2. The number of halogens is 1. The zero-order valence-electron chi connectivity index (χ0n) is 12.0. The third-order valence-electron chi connectivity index (χ3n) is 3.63. The van der Waals surface area contributed by atoms with Crippen molar-refractivity contribution in [2.24, 2.45) is 7.05 Å². The molecular weight excluding hydrogens is 265 g/mol. The van der Waals surface area contributed by atoms with Gasteiger partial charge in [0, 0.05) is 18.2 Å². The lowest BCUT2D eigenvalue weighted by atomic mass is 9.98. The zero-order valence-corrected chi connectivity index (χ0v) is 12.0. The summed E-state index contributed by atoms with van der Waals surface area (Å²) in [6.07, 6.45) is 0. The van der Waals surface area contributed by atoms with Crippen molar-refractivity contribution in [3.8, 4) is 22.4 Å². The fourth-order valence-corrected chi connectivity index (χ4v) is 2.49. The number of aryl methyl sites for hydroxylation is 2. The number of nitrogens with zero attached hydrogens (tertiary/aromatic N) is 2. The topological polar surface area (TPSA) is 43.8 Å². The Labute approximate surface area is 122 Å². The van der Waals surface area contributed by atoms with Crippen LogP contribution in [0.2, 0.25) is 0 Å². The van der Waals surface area contributed by atoms with Crippen LogP contribution in [0.3, 0.4) is 0 Å². The summed E-state index contributed by atoms with van der Waals surface area (Å²) in [4.78, 5) is 0. The van der Waals surface area contributed by atoms with E-state index in [1.165, 1.54) is 6.07 Å². The van der Waals surface area contributed by atoms with E-state index < -0.39 is 0 Å². The predicted molar refractivity (Wildman–Crippen MR) is 83.2 cm³/mol. The molecule has 2 N–H and O–H groups in total. The fraction of sp³-hybridized carbons (Fsp3) is 0.118. The van der Waals surface area contributed by atoms with E-state index >= 15 is 0 Å². The van der Waals surface area contributed by atoms with Gasteiger partial charge in [-0.25, -0.2) is 4.39 Å². The predicted octanol–water partition coefficient (Wildman–Crippen LogP) is 3.78. The SMILES string of the molecule is Cc1ccccc1-c1nn(C)c(N)c1-c1ccccc1F. The Hall–Kier alpha value is -2.62. The van der Waals surface area contributed by atoms with Crippen LogP contribution in [0.15, 0.2) is 48.5 Å². The molecule has 0 aliphatic rings. The first-order valence-electron chi connectivity index (χ1n) is 6.73. The molecule has 3 nitrogen and oxygen atoms in total. The average molecular weight is 281 g/mol. The van der Waals surface area contributed by atoms with Crippen LogP contribution in [0.4, 0.5) is 10.2 Å². The molecule has 1 heterocycles. The Morgan fingerprint density at radius 1 is 1.00 bits per heavy atom. The third kappa shape index (κ3) is 2.18. The van der Waals surface area contributed by atoms with E-state index in [-0.39, 0.29) is 5.82 Å². The van der Waals surface area contributed by atoms with Gasteiger partial charge in [0.15, 0.2) is 0 Å². The number of nitrogens with two attached hydrogens (primary N) is 1. The first kappa shape index (κ1) is 13.4. The largest absolute Gasteiger partial charge is 0.383 e. The lowest BCUT2D eigenvalue weighted by Gasteiger charge is -2.07. The van der Waals surface area contributed by atoms with E-state index in [1.807, 2.05) is 31.2 Å². The van der Waals surface area contributed by atoms with E-state index in [4.69, 9.17) is 5.73 Å². The number of nitrogen functional groups attached to an aromatic ring is 1. The highest BCUT2D eigenvalue weighted by Gasteiger charge is 2.20. The molecule has 0 saturated carbocycles. The highest BCUT2D eigenvalue weighted by Crippen LogP contribution is 2.38. The van der Waals surface area contributed by atoms with Gasteiger partial charge in [-0.2, -0.15) is 5.10 Å². The highest BCUT2D eigenvalue weighted by atomic mass is 19.1. The summed E-state index contributed by atoms with van der Waals surface area (Å²) in [6, 6.07) is 14.5.